The molecule has 0 aromatic heterocycles. The number of aliphatic carboxylic acids is 1. The Bertz CT molecular complexity index is 1190. The second-order valence-corrected chi connectivity index (χ2v) is 8.45. The second kappa shape index (κ2) is 9.19. The number of Topliss-reactive ketones (excluding diaryl/α,β-unsaturated/α-hetero) is 1. The summed E-state index contributed by atoms with van der Waals surface area (Å²) in [7, 11) is 0. The minimum absolute atomic E-state index is 0.0451. The first-order chi connectivity index (χ1) is 15.4. The van der Waals surface area contributed by atoms with E-state index < -0.39 is 18.0 Å². The van der Waals surface area contributed by atoms with Crippen LogP contribution in [0, 0.1) is 0 Å². The maximum absolute atomic E-state index is 13.8. The van der Waals surface area contributed by atoms with Gasteiger partial charge < -0.3 is 9.84 Å². The summed E-state index contributed by atoms with van der Waals surface area (Å²) < 4.78 is 5.31. The lowest BCUT2D eigenvalue weighted by Gasteiger charge is -2.27. The van der Waals surface area contributed by atoms with E-state index in [0.29, 0.717) is 24.0 Å². The minimum atomic E-state index is -1.13. The monoisotopic (exact) mass is 466 g/mol. The van der Waals surface area contributed by atoms with Gasteiger partial charge in [-0.3, -0.25) is 4.79 Å². The molecule has 0 amide bonds. The number of carboxylic acids is 1. The molecule has 1 unspecified atom stereocenters. The summed E-state index contributed by atoms with van der Waals surface area (Å²) in [5, 5.41) is 9.07. The van der Waals surface area contributed by atoms with Gasteiger partial charge in [0.05, 0.1) is 10.4 Å². The van der Waals surface area contributed by atoms with Crippen molar-refractivity contribution in [2.45, 2.75) is 18.3 Å². The van der Waals surface area contributed by atoms with Gasteiger partial charge in [-0.2, -0.15) is 0 Å². The number of ketones is 1. The van der Waals surface area contributed by atoms with Crippen LogP contribution in [-0.4, -0.2) is 23.5 Å². The quantitative estimate of drug-likeness (QED) is 0.447. The predicted octanol–water partition coefficient (Wildman–Crippen LogP) is 6.24. The SMILES string of the molecule is O=C(O)COc1cc2c(c(Cl)c1Cl)C(=O)C(C/C=C/c1ccccc1)(c1ccccc1)C2. The first-order valence-electron chi connectivity index (χ1n) is 10.1. The molecule has 4 nitrogen and oxygen atoms in total. The van der Waals surface area contributed by atoms with Crippen LogP contribution in [0.25, 0.3) is 6.08 Å². The highest BCUT2D eigenvalue weighted by Gasteiger charge is 2.47. The number of fused-ring (bicyclic) bond motifs is 1. The van der Waals surface area contributed by atoms with E-state index in [1.54, 1.807) is 6.07 Å². The molecule has 0 fully saturated rings. The molecule has 1 aliphatic rings. The molecule has 0 heterocycles. The molecule has 1 aliphatic carbocycles. The maximum atomic E-state index is 13.8. The fraction of sp³-hybridized carbons (Fsp3) is 0.154. The van der Waals surface area contributed by atoms with Crippen molar-refractivity contribution in [2.24, 2.45) is 0 Å². The number of hydrogen-bond acceptors (Lipinski definition) is 3. The number of carbonyl (C=O) groups excluding carboxylic acids is 1. The van der Waals surface area contributed by atoms with Crippen LogP contribution in [0.2, 0.25) is 10.0 Å². The molecule has 0 saturated heterocycles. The fourth-order valence-corrected chi connectivity index (χ4v) is 4.66. The molecular weight excluding hydrogens is 447 g/mol. The maximum Gasteiger partial charge on any atom is 0.341 e. The summed E-state index contributed by atoms with van der Waals surface area (Å²) in [6.45, 7) is -0.549. The van der Waals surface area contributed by atoms with Gasteiger partial charge >= 0.3 is 5.97 Å². The number of carbonyl (C=O) groups is 2. The number of halogens is 2. The molecule has 0 saturated carbocycles. The summed E-state index contributed by atoms with van der Waals surface area (Å²) in [6.07, 6.45) is 4.88. The Labute approximate surface area is 196 Å². The Morgan fingerprint density at radius 2 is 1.69 bits per heavy atom. The van der Waals surface area contributed by atoms with Crippen LogP contribution in [0.4, 0.5) is 0 Å². The molecule has 0 bridgehead atoms. The third-order valence-corrected chi connectivity index (χ3v) is 6.51. The van der Waals surface area contributed by atoms with Gasteiger partial charge in [-0.05, 0) is 35.6 Å². The van der Waals surface area contributed by atoms with E-state index in [1.165, 1.54) is 0 Å². The number of allylic oxidation sites excluding steroid dienone is 1. The number of carboxylic acid groups (broad SMARTS) is 1. The third kappa shape index (κ3) is 4.16. The predicted molar refractivity (Wildman–Crippen MR) is 126 cm³/mol. The van der Waals surface area contributed by atoms with Gasteiger partial charge in [0.15, 0.2) is 12.4 Å². The van der Waals surface area contributed by atoms with Gasteiger partial charge in [0.2, 0.25) is 0 Å². The Kier molecular flexibility index (Phi) is 6.35. The normalized spacial score (nSPS) is 17.5. The Balaban J connectivity index is 1.75. The van der Waals surface area contributed by atoms with E-state index in [2.05, 4.69) is 0 Å². The van der Waals surface area contributed by atoms with Crippen molar-refractivity contribution >= 4 is 41.0 Å². The van der Waals surface area contributed by atoms with Crippen molar-refractivity contribution in [3.05, 3.63) is 105 Å². The Morgan fingerprint density at radius 3 is 2.34 bits per heavy atom. The zero-order valence-corrected chi connectivity index (χ0v) is 18.6. The molecule has 6 heteroatoms. The van der Waals surface area contributed by atoms with Crippen molar-refractivity contribution in [1.82, 2.24) is 0 Å². The number of ether oxygens (including phenoxy) is 1. The standard InChI is InChI=1S/C26H20Cl2O4/c27-23-20(32-16-21(29)30)14-18-15-26(19-11-5-2-6-12-19,25(31)22(18)24(23)28)13-7-10-17-8-3-1-4-9-17/h1-12,14H,13,15-16H2,(H,29,30)/b10-7+. The van der Waals surface area contributed by atoms with Gasteiger partial charge in [-0.25, -0.2) is 4.79 Å². The molecule has 162 valence electrons. The largest absolute Gasteiger partial charge is 0.480 e. The molecule has 32 heavy (non-hydrogen) atoms. The average Bonchev–Trinajstić information content (AvgIpc) is 3.09. The van der Waals surface area contributed by atoms with Gasteiger partial charge in [0.25, 0.3) is 0 Å². The van der Waals surface area contributed by atoms with Crippen molar-refractivity contribution < 1.29 is 19.4 Å². The molecule has 4 rings (SSSR count). The average molecular weight is 467 g/mol. The molecule has 0 radical (unpaired) electrons. The first-order valence-corrected chi connectivity index (χ1v) is 10.9. The topological polar surface area (TPSA) is 63.6 Å². The lowest BCUT2D eigenvalue weighted by Crippen LogP contribution is -2.32. The van der Waals surface area contributed by atoms with Gasteiger partial charge in [-0.1, -0.05) is 96.0 Å². The highest BCUT2D eigenvalue weighted by molar-refractivity contribution is 6.45. The first kappa shape index (κ1) is 22.1. The van der Waals surface area contributed by atoms with E-state index >= 15 is 0 Å². The molecule has 3 aromatic rings. The van der Waals surface area contributed by atoms with Crippen molar-refractivity contribution in [2.75, 3.05) is 6.61 Å². The smallest absolute Gasteiger partial charge is 0.341 e. The second-order valence-electron chi connectivity index (χ2n) is 7.69. The summed E-state index contributed by atoms with van der Waals surface area (Å²) in [5.41, 5.74) is 2.16. The van der Waals surface area contributed by atoms with Gasteiger partial charge in [0, 0.05) is 5.56 Å². The number of rotatable bonds is 7. The Hall–Kier alpha value is -3.08. The molecule has 1 N–H and O–H groups in total. The van der Waals surface area contributed by atoms with Gasteiger partial charge in [-0.15, -0.1) is 0 Å². The van der Waals surface area contributed by atoms with E-state index in [0.717, 1.165) is 11.1 Å². The summed E-state index contributed by atoms with van der Waals surface area (Å²) in [6, 6.07) is 21.1. The van der Waals surface area contributed by atoms with Crippen LogP contribution in [0.5, 0.6) is 5.75 Å². The highest BCUT2D eigenvalue weighted by atomic mass is 35.5. The summed E-state index contributed by atoms with van der Waals surface area (Å²) in [4.78, 5) is 24.7. The van der Waals surface area contributed by atoms with Crippen molar-refractivity contribution in [1.29, 1.82) is 0 Å². The lowest BCUT2D eigenvalue weighted by atomic mass is 9.74. The van der Waals surface area contributed by atoms with Crippen LogP contribution < -0.4 is 4.74 Å². The number of benzene rings is 3. The number of hydrogen-bond donors (Lipinski definition) is 1. The lowest BCUT2D eigenvalue weighted by molar-refractivity contribution is -0.139. The summed E-state index contributed by atoms with van der Waals surface area (Å²) in [5.74, 6) is -1.07. The van der Waals surface area contributed by atoms with E-state index in [-0.39, 0.29) is 21.6 Å². The summed E-state index contributed by atoms with van der Waals surface area (Å²) >= 11 is 12.8. The van der Waals surface area contributed by atoms with Crippen LogP contribution in [-0.2, 0) is 16.6 Å². The van der Waals surface area contributed by atoms with Crippen LogP contribution in [0.15, 0.2) is 72.8 Å². The van der Waals surface area contributed by atoms with Crippen LogP contribution in [0.3, 0.4) is 0 Å². The Morgan fingerprint density at radius 1 is 1.03 bits per heavy atom. The molecule has 0 spiro atoms. The van der Waals surface area contributed by atoms with Crippen molar-refractivity contribution in [3.8, 4) is 5.75 Å². The van der Waals surface area contributed by atoms with Gasteiger partial charge in [0.1, 0.15) is 10.8 Å². The van der Waals surface area contributed by atoms with Crippen molar-refractivity contribution in [3.63, 3.8) is 0 Å². The van der Waals surface area contributed by atoms with Crippen LogP contribution in [0.1, 0.15) is 33.5 Å². The van der Waals surface area contributed by atoms with E-state index in [9.17, 15) is 9.59 Å². The van der Waals surface area contributed by atoms with E-state index in [1.807, 2.05) is 72.8 Å². The highest BCUT2D eigenvalue weighted by Crippen LogP contribution is 2.49. The third-order valence-electron chi connectivity index (χ3n) is 5.66. The fourth-order valence-electron chi connectivity index (χ4n) is 4.16. The zero-order valence-electron chi connectivity index (χ0n) is 17.1. The molecule has 1 atom stereocenters. The van der Waals surface area contributed by atoms with E-state index in [4.69, 9.17) is 33.0 Å². The van der Waals surface area contributed by atoms with Crippen LogP contribution >= 0.6 is 23.2 Å². The molecule has 3 aromatic carbocycles. The minimum Gasteiger partial charge on any atom is -0.480 e. The zero-order chi connectivity index (χ0) is 22.7. The molecule has 0 aliphatic heterocycles. The molecular formula is C26H20Cl2O4.